The smallest absolute Gasteiger partial charge is 0.220 e. The SMILES string of the molecule is C[P+](c1ccccc1)(c1ccccc1)c1ccccc1.NC(=O)C1CCCCC1.[Br-]. The van der Waals surface area contributed by atoms with Crippen LogP contribution in [0.5, 0.6) is 0 Å². The molecule has 0 aliphatic heterocycles. The number of halogens is 1. The fourth-order valence-electron chi connectivity index (χ4n) is 4.01. The Morgan fingerprint density at radius 2 is 1.03 bits per heavy atom. The second-order valence-corrected chi connectivity index (χ2v) is 11.3. The highest BCUT2D eigenvalue weighted by molar-refractivity contribution is 7.95. The molecule has 0 heterocycles. The molecule has 0 aromatic heterocycles. The topological polar surface area (TPSA) is 43.1 Å². The monoisotopic (exact) mass is 483 g/mol. The van der Waals surface area contributed by atoms with Crippen molar-refractivity contribution in [2.75, 3.05) is 6.66 Å². The number of benzene rings is 3. The van der Waals surface area contributed by atoms with Gasteiger partial charge in [0.1, 0.15) is 23.2 Å². The Balaban J connectivity index is 0.000000272. The lowest BCUT2D eigenvalue weighted by Gasteiger charge is -2.22. The number of amides is 1. The molecule has 3 aromatic carbocycles. The first-order valence-corrected chi connectivity index (χ1v) is 12.7. The molecule has 0 spiro atoms. The van der Waals surface area contributed by atoms with Crippen molar-refractivity contribution in [3.63, 3.8) is 0 Å². The zero-order valence-corrected chi connectivity index (χ0v) is 20.1. The second-order valence-electron chi connectivity index (χ2n) is 7.75. The van der Waals surface area contributed by atoms with E-state index in [1.165, 1.54) is 35.2 Å². The van der Waals surface area contributed by atoms with E-state index in [0.717, 1.165) is 12.8 Å². The van der Waals surface area contributed by atoms with Gasteiger partial charge in [-0.15, -0.1) is 0 Å². The predicted molar refractivity (Wildman–Crippen MR) is 127 cm³/mol. The van der Waals surface area contributed by atoms with Crippen LogP contribution in [0.3, 0.4) is 0 Å². The van der Waals surface area contributed by atoms with Gasteiger partial charge in [-0.2, -0.15) is 0 Å². The molecular weight excluding hydrogens is 453 g/mol. The van der Waals surface area contributed by atoms with Crippen molar-refractivity contribution in [3.8, 4) is 0 Å². The van der Waals surface area contributed by atoms with Crippen LogP contribution in [0.15, 0.2) is 91.0 Å². The lowest BCUT2D eigenvalue weighted by Crippen LogP contribution is -3.00. The highest BCUT2D eigenvalue weighted by atomic mass is 79.9. The van der Waals surface area contributed by atoms with Crippen LogP contribution in [0.1, 0.15) is 32.1 Å². The summed E-state index contributed by atoms with van der Waals surface area (Å²) in [5.74, 6) is 0.0912. The van der Waals surface area contributed by atoms with Crippen molar-refractivity contribution in [2.45, 2.75) is 32.1 Å². The first-order chi connectivity index (χ1) is 14.1. The molecule has 1 saturated carbocycles. The van der Waals surface area contributed by atoms with E-state index in [2.05, 4.69) is 97.7 Å². The van der Waals surface area contributed by atoms with Crippen LogP contribution in [-0.2, 0) is 4.79 Å². The van der Waals surface area contributed by atoms with Gasteiger partial charge in [0.2, 0.25) is 5.91 Å². The Labute approximate surface area is 192 Å². The Kier molecular flexibility index (Phi) is 9.75. The number of nitrogens with two attached hydrogens (primary N) is 1. The van der Waals surface area contributed by atoms with Crippen LogP contribution in [0.25, 0.3) is 0 Å². The zero-order valence-electron chi connectivity index (χ0n) is 17.6. The van der Waals surface area contributed by atoms with Crippen molar-refractivity contribution in [1.29, 1.82) is 0 Å². The standard InChI is InChI=1S/C19H18P.C7H13NO.BrH/c1-20(17-11-5-2-6-12-17,18-13-7-3-8-14-18)19-15-9-4-10-16-19;8-7(9)6-4-2-1-3-5-6;/h2-16H,1H3;6H,1-5H2,(H2,8,9);1H/q+1;;/p-1. The number of hydrogen-bond donors (Lipinski definition) is 1. The number of primary amides is 1. The van der Waals surface area contributed by atoms with E-state index in [1.54, 1.807) is 0 Å². The lowest BCUT2D eigenvalue weighted by atomic mass is 9.89. The summed E-state index contributed by atoms with van der Waals surface area (Å²) in [6.07, 6.45) is 5.70. The molecule has 2 nitrogen and oxygen atoms in total. The number of rotatable bonds is 4. The summed E-state index contributed by atoms with van der Waals surface area (Å²) in [5, 5.41) is 4.28. The highest BCUT2D eigenvalue weighted by Crippen LogP contribution is 2.51. The van der Waals surface area contributed by atoms with E-state index in [0.29, 0.717) is 0 Å². The van der Waals surface area contributed by atoms with Crippen molar-refractivity contribution in [3.05, 3.63) is 91.0 Å². The summed E-state index contributed by atoms with van der Waals surface area (Å²) in [7, 11) is -1.53. The summed E-state index contributed by atoms with van der Waals surface area (Å²) in [6.45, 7) is 2.41. The maximum atomic E-state index is 10.6. The number of carbonyl (C=O) groups is 1. The molecule has 0 saturated heterocycles. The third kappa shape index (κ3) is 6.03. The third-order valence-electron chi connectivity index (χ3n) is 5.83. The largest absolute Gasteiger partial charge is 1.00 e. The molecule has 0 atom stereocenters. The minimum absolute atomic E-state index is 0. The van der Waals surface area contributed by atoms with Crippen LogP contribution in [0.4, 0.5) is 0 Å². The van der Waals surface area contributed by atoms with Gasteiger partial charge in [-0.05, 0) is 49.2 Å². The molecule has 1 aliphatic rings. The molecule has 158 valence electrons. The number of carbonyl (C=O) groups excluding carboxylic acids is 1. The maximum Gasteiger partial charge on any atom is 0.220 e. The molecule has 30 heavy (non-hydrogen) atoms. The highest BCUT2D eigenvalue weighted by Gasteiger charge is 2.39. The van der Waals surface area contributed by atoms with Gasteiger partial charge in [0.25, 0.3) is 0 Å². The van der Waals surface area contributed by atoms with E-state index in [1.807, 2.05) is 0 Å². The maximum absolute atomic E-state index is 10.6. The van der Waals surface area contributed by atoms with Crippen LogP contribution < -0.4 is 38.6 Å². The molecule has 3 aromatic rings. The Hall–Kier alpha value is -1.96. The molecular formula is C26H31BrNOP. The van der Waals surface area contributed by atoms with E-state index in [-0.39, 0.29) is 28.8 Å². The summed E-state index contributed by atoms with van der Waals surface area (Å²) >= 11 is 0. The molecule has 2 N–H and O–H groups in total. The zero-order chi connectivity index (χ0) is 20.5. The molecule has 1 aliphatic carbocycles. The van der Waals surface area contributed by atoms with E-state index in [4.69, 9.17) is 5.73 Å². The first kappa shape index (κ1) is 24.3. The Morgan fingerprint density at radius 1 is 0.700 bits per heavy atom. The van der Waals surface area contributed by atoms with Crippen molar-refractivity contribution in [2.24, 2.45) is 11.7 Å². The minimum Gasteiger partial charge on any atom is -1.00 e. The van der Waals surface area contributed by atoms with Crippen LogP contribution in [0.2, 0.25) is 0 Å². The molecule has 0 bridgehead atoms. The van der Waals surface area contributed by atoms with Crippen LogP contribution in [-0.4, -0.2) is 12.6 Å². The van der Waals surface area contributed by atoms with E-state index < -0.39 is 7.26 Å². The van der Waals surface area contributed by atoms with Gasteiger partial charge in [-0.1, -0.05) is 73.9 Å². The molecule has 1 fully saturated rings. The average molecular weight is 484 g/mol. The van der Waals surface area contributed by atoms with Gasteiger partial charge < -0.3 is 22.7 Å². The summed E-state index contributed by atoms with van der Waals surface area (Å²) in [5.41, 5.74) is 5.13. The van der Waals surface area contributed by atoms with Gasteiger partial charge in [-0.25, -0.2) is 0 Å². The van der Waals surface area contributed by atoms with Gasteiger partial charge in [0.05, 0.1) is 6.66 Å². The van der Waals surface area contributed by atoms with Gasteiger partial charge in [0.15, 0.2) is 0 Å². The van der Waals surface area contributed by atoms with E-state index in [9.17, 15) is 4.79 Å². The molecule has 0 radical (unpaired) electrons. The summed E-state index contributed by atoms with van der Waals surface area (Å²) < 4.78 is 0. The van der Waals surface area contributed by atoms with Crippen LogP contribution in [0, 0.1) is 5.92 Å². The fourth-order valence-corrected chi connectivity index (χ4v) is 7.21. The Morgan fingerprint density at radius 3 is 1.30 bits per heavy atom. The normalized spacial score (nSPS) is 14.0. The number of hydrogen-bond acceptors (Lipinski definition) is 1. The molecule has 0 unspecified atom stereocenters. The third-order valence-corrected chi connectivity index (χ3v) is 9.82. The van der Waals surface area contributed by atoms with E-state index >= 15 is 0 Å². The Bertz CT molecular complexity index is 784. The fraction of sp³-hybridized carbons (Fsp3) is 0.269. The predicted octanol–water partition coefficient (Wildman–Crippen LogP) is 1.67. The molecule has 4 rings (SSSR count). The average Bonchev–Trinajstić information content (AvgIpc) is 2.81. The summed E-state index contributed by atoms with van der Waals surface area (Å²) in [6, 6.07) is 32.6. The summed E-state index contributed by atoms with van der Waals surface area (Å²) in [4.78, 5) is 10.6. The second kappa shape index (κ2) is 12.0. The van der Waals surface area contributed by atoms with Gasteiger partial charge >= 0.3 is 0 Å². The van der Waals surface area contributed by atoms with Gasteiger partial charge in [-0.3, -0.25) is 4.79 Å². The van der Waals surface area contributed by atoms with Crippen molar-refractivity contribution >= 4 is 29.1 Å². The van der Waals surface area contributed by atoms with Crippen LogP contribution >= 0.6 is 7.26 Å². The van der Waals surface area contributed by atoms with Crippen molar-refractivity contribution < 1.29 is 21.8 Å². The quantitative estimate of drug-likeness (QED) is 0.563. The first-order valence-electron chi connectivity index (χ1n) is 10.4. The molecule has 1 amide bonds. The van der Waals surface area contributed by atoms with Crippen molar-refractivity contribution in [1.82, 2.24) is 0 Å². The lowest BCUT2D eigenvalue weighted by molar-refractivity contribution is -0.122. The minimum atomic E-state index is -1.53. The van der Waals surface area contributed by atoms with Gasteiger partial charge in [0, 0.05) is 5.92 Å². The molecule has 4 heteroatoms.